The summed E-state index contributed by atoms with van der Waals surface area (Å²) in [7, 11) is 3.48. The van der Waals surface area contributed by atoms with Crippen LogP contribution in [0.3, 0.4) is 0 Å². The number of hydrogen-bond acceptors (Lipinski definition) is 4. The molecule has 0 aromatic rings. The number of terminal acetylenes is 1. The fraction of sp³-hybridized carbons (Fsp3) is 0.875. The molecule has 3 rings (SSSR count). The average molecular weight is 391 g/mol. The number of methoxy groups -OCH3 is 2. The Kier molecular flexibility index (Phi) is 6.03. The predicted molar refractivity (Wildman–Crippen MR) is 110 cm³/mol. The molecule has 0 saturated heterocycles. The average Bonchev–Trinajstić information content (AvgIpc) is 3.07. The molecule has 158 valence electrons. The van der Waals surface area contributed by atoms with Crippen molar-refractivity contribution in [2.75, 3.05) is 21.0 Å². The quantitative estimate of drug-likeness (QED) is 0.513. The third-order valence-electron chi connectivity index (χ3n) is 9.02. The molecule has 0 spiro atoms. The minimum Gasteiger partial charge on any atom is -0.381 e. The number of hydrogen-bond donors (Lipinski definition) is 0. The van der Waals surface area contributed by atoms with Crippen LogP contribution in [0.25, 0.3) is 0 Å². The minimum atomic E-state index is -0.561. The van der Waals surface area contributed by atoms with Crippen molar-refractivity contribution < 1.29 is 19.0 Å². The molecule has 8 atom stereocenters. The first-order valence-electron chi connectivity index (χ1n) is 10.8. The molecule has 28 heavy (non-hydrogen) atoms. The van der Waals surface area contributed by atoms with Crippen molar-refractivity contribution in [3.05, 3.63) is 0 Å². The summed E-state index contributed by atoms with van der Waals surface area (Å²) in [6.07, 6.45) is 11.2. The highest BCUT2D eigenvalue weighted by Gasteiger charge is 2.68. The van der Waals surface area contributed by atoms with Gasteiger partial charge < -0.3 is 14.2 Å². The van der Waals surface area contributed by atoms with Crippen molar-refractivity contribution in [3.8, 4) is 12.3 Å². The van der Waals surface area contributed by atoms with Crippen LogP contribution in [0.1, 0.15) is 66.2 Å². The van der Waals surface area contributed by atoms with Gasteiger partial charge in [-0.25, -0.2) is 0 Å². The van der Waals surface area contributed by atoms with Gasteiger partial charge in [-0.2, -0.15) is 0 Å². The number of Topliss-reactive ketones (excluding diaryl/α,β-unsaturated/α-hetero) is 1. The van der Waals surface area contributed by atoms with E-state index in [1.165, 1.54) is 0 Å². The maximum atomic E-state index is 13.8. The Morgan fingerprint density at radius 3 is 2.46 bits per heavy atom. The van der Waals surface area contributed by atoms with E-state index in [9.17, 15) is 4.79 Å². The van der Waals surface area contributed by atoms with Gasteiger partial charge >= 0.3 is 0 Å². The van der Waals surface area contributed by atoms with E-state index in [1.54, 1.807) is 7.11 Å². The van der Waals surface area contributed by atoms with E-state index in [4.69, 9.17) is 20.6 Å². The first-order chi connectivity index (χ1) is 13.2. The number of ether oxygens (including phenoxy) is 3. The Labute approximate surface area is 171 Å². The molecule has 0 aromatic heterocycles. The second-order valence-electron chi connectivity index (χ2n) is 10.1. The van der Waals surface area contributed by atoms with Crippen molar-refractivity contribution in [2.24, 2.45) is 34.0 Å². The van der Waals surface area contributed by atoms with E-state index >= 15 is 0 Å². The van der Waals surface area contributed by atoms with Gasteiger partial charge in [0.05, 0.1) is 12.2 Å². The zero-order chi connectivity index (χ0) is 20.7. The van der Waals surface area contributed by atoms with Crippen LogP contribution >= 0.6 is 0 Å². The molecule has 3 aliphatic rings. The number of carbonyl (C=O) groups is 1. The van der Waals surface area contributed by atoms with Crippen LogP contribution in [0.5, 0.6) is 0 Å². The van der Waals surface area contributed by atoms with Gasteiger partial charge in [-0.3, -0.25) is 4.79 Å². The largest absolute Gasteiger partial charge is 0.381 e. The summed E-state index contributed by atoms with van der Waals surface area (Å²) in [6, 6.07) is 0. The molecule has 0 aromatic carbocycles. The summed E-state index contributed by atoms with van der Waals surface area (Å²) in [5.74, 6) is 3.89. The highest BCUT2D eigenvalue weighted by atomic mass is 16.7. The molecular formula is C24H38O4. The first kappa shape index (κ1) is 21.8. The van der Waals surface area contributed by atoms with Gasteiger partial charge in [0.25, 0.3) is 0 Å². The fourth-order valence-electron chi connectivity index (χ4n) is 7.27. The summed E-state index contributed by atoms with van der Waals surface area (Å²) in [4.78, 5) is 13.8. The van der Waals surface area contributed by atoms with Gasteiger partial charge in [-0.15, -0.1) is 12.3 Å². The standard InChI is InChI=1S/C24H38O4/c1-8-11-22(4)14-19(28-15-26-6)23(5)16(2)9-12-24(17(3)21(22)25)13-10-18(27-7)20(23)24/h1,16-20H,9-15H2,2-7H3/t16?,17-,18+,19+,20?,22+,23-,24?/m0/s1. The normalized spacial score (nSPS) is 48.5. The zero-order valence-electron chi connectivity index (χ0n) is 18.5. The molecule has 3 saturated carbocycles. The number of ketones is 1. The molecule has 4 nitrogen and oxygen atoms in total. The Hall–Kier alpha value is -0.890. The summed E-state index contributed by atoms with van der Waals surface area (Å²) in [5.41, 5.74) is -0.670. The number of carbonyl (C=O) groups excluding carboxylic acids is 1. The molecule has 0 heterocycles. The molecule has 0 amide bonds. The lowest BCUT2D eigenvalue weighted by Crippen LogP contribution is -2.62. The monoisotopic (exact) mass is 390 g/mol. The minimum absolute atomic E-state index is 0.00815. The van der Waals surface area contributed by atoms with Crippen LogP contribution in [0.2, 0.25) is 0 Å². The lowest BCUT2D eigenvalue weighted by molar-refractivity contribution is -0.219. The molecular weight excluding hydrogens is 352 g/mol. The zero-order valence-corrected chi connectivity index (χ0v) is 18.5. The topological polar surface area (TPSA) is 44.8 Å². The van der Waals surface area contributed by atoms with E-state index in [1.807, 2.05) is 7.11 Å². The maximum absolute atomic E-state index is 13.8. The molecule has 2 bridgehead atoms. The van der Waals surface area contributed by atoms with Gasteiger partial charge in [-0.05, 0) is 49.4 Å². The van der Waals surface area contributed by atoms with E-state index in [-0.39, 0.29) is 35.7 Å². The molecule has 3 aliphatic carbocycles. The van der Waals surface area contributed by atoms with Crippen LogP contribution in [0.4, 0.5) is 0 Å². The van der Waals surface area contributed by atoms with E-state index in [2.05, 4.69) is 33.6 Å². The second-order valence-corrected chi connectivity index (χ2v) is 10.1. The molecule has 4 heteroatoms. The van der Waals surface area contributed by atoms with Crippen LogP contribution in [-0.4, -0.2) is 39.0 Å². The van der Waals surface area contributed by atoms with Crippen LogP contribution < -0.4 is 0 Å². The van der Waals surface area contributed by atoms with E-state index in [0.29, 0.717) is 30.5 Å². The maximum Gasteiger partial charge on any atom is 0.146 e. The summed E-state index contributed by atoms with van der Waals surface area (Å²) in [6.45, 7) is 9.19. The molecule has 3 unspecified atom stereocenters. The Morgan fingerprint density at radius 2 is 1.86 bits per heavy atom. The van der Waals surface area contributed by atoms with Crippen LogP contribution in [0, 0.1) is 46.3 Å². The predicted octanol–water partition coefficient (Wildman–Crippen LogP) is 4.46. The molecule has 3 fully saturated rings. The fourth-order valence-corrected chi connectivity index (χ4v) is 7.27. The van der Waals surface area contributed by atoms with Gasteiger partial charge in [0.15, 0.2) is 0 Å². The van der Waals surface area contributed by atoms with Crippen LogP contribution in [0.15, 0.2) is 0 Å². The highest BCUT2D eigenvalue weighted by Crippen LogP contribution is 2.68. The third-order valence-corrected chi connectivity index (χ3v) is 9.02. The van der Waals surface area contributed by atoms with Crippen molar-refractivity contribution in [2.45, 2.75) is 78.4 Å². The Bertz CT molecular complexity index is 639. The highest BCUT2D eigenvalue weighted by molar-refractivity contribution is 5.88. The van der Waals surface area contributed by atoms with Crippen LogP contribution in [-0.2, 0) is 19.0 Å². The molecule has 0 N–H and O–H groups in total. The number of rotatable bonds is 5. The summed E-state index contributed by atoms with van der Waals surface area (Å²) >= 11 is 0. The van der Waals surface area contributed by atoms with Gasteiger partial charge in [-0.1, -0.05) is 27.7 Å². The second kappa shape index (κ2) is 7.74. The molecule has 0 radical (unpaired) electrons. The Morgan fingerprint density at radius 1 is 1.18 bits per heavy atom. The SMILES string of the molecule is C#CC[C@]1(C)C[C@@H](OCOC)[C@]2(C)C(C)CCC3(CC[C@@H](OC)C32)[C@@H](C)C1=O. The molecule has 0 aliphatic heterocycles. The summed E-state index contributed by atoms with van der Waals surface area (Å²) in [5, 5.41) is 0. The van der Waals surface area contributed by atoms with E-state index < -0.39 is 5.41 Å². The van der Waals surface area contributed by atoms with Crippen molar-refractivity contribution in [3.63, 3.8) is 0 Å². The van der Waals surface area contributed by atoms with Crippen molar-refractivity contribution in [1.82, 2.24) is 0 Å². The smallest absolute Gasteiger partial charge is 0.146 e. The van der Waals surface area contributed by atoms with E-state index in [0.717, 1.165) is 25.7 Å². The lowest BCUT2D eigenvalue weighted by Gasteiger charge is -2.62. The Balaban J connectivity index is 2.19. The summed E-state index contributed by atoms with van der Waals surface area (Å²) < 4.78 is 17.7. The van der Waals surface area contributed by atoms with Crippen molar-refractivity contribution in [1.29, 1.82) is 0 Å². The third kappa shape index (κ3) is 2.97. The van der Waals surface area contributed by atoms with Gasteiger partial charge in [0.2, 0.25) is 0 Å². The van der Waals surface area contributed by atoms with Gasteiger partial charge in [0, 0.05) is 37.4 Å². The first-order valence-corrected chi connectivity index (χ1v) is 10.8. The van der Waals surface area contributed by atoms with Gasteiger partial charge in [0.1, 0.15) is 12.6 Å². The lowest BCUT2D eigenvalue weighted by atomic mass is 9.44. The van der Waals surface area contributed by atoms with Crippen molar-refractivity contribution >= 4 is 5.78 Å².